The number of alkyl halides is 3. The van der Waals surface area contributed by atoms with Gasteiger partial charge in [-0.25, -0.2) is 9.97 Å². The van der Waals surface area contributed by atoms with Gasteiger partial charge in [0, 0.05) is 49.6 Å². The Labute approximate surface area is 160 Å². The molecule has 0 N–H and O–H groups in total. The summed E-state index contributed by atoms with van der Waals surface area (Å²) in [6, 6.07) is 11.6. The number of ether oxygens (including phenoxy) is 1. The van der Waals surface area contributed by atoms with E-state index >= 15 is 0 Å². The normalized spacial score (nSPS) is 15.8. The summed E-state index contributed by atoms with van der Waals surface area (Å²) in [5.74, 6) is 0.480. The highest BCUT2D eigenvalue weighted by Crippen LogP contribution is 2.32. The standard InChI is InChI=1S/C20H19F3N4O/c1-26-7-9-27(10-8-26)18-4-2-3-14-5-6-16(11-17(14)18)28-19-24-12-15(13-25-19)20(21,22)23/h2-6,11-13H,7-10H2,1H3. The molecule has 5 nitrogen and oxygen atoms in total. The topological polar surface area (TPSA) is 41.5 Å². The Balaban J connectivity index is 1.61. The van der Waals surface area contributed by atoms with E-state index in [1.54, 1.807) is 6.07 Å². The van der Waals surface area contributed by atoms with E-state index in [0.717, 1.165) is 55.0 Å². The summed E-state index contributed by atoms with van der Waals surface area (Å²) in [5.41, 5.74) is 0.208. The summed E-state index contributed by atoms with van der Waals surface area (Å²) in [6.45, 7) is 3.85. The monoisotopic (exact) mass is 388 g/mol. The molecule has 4 rings (SSSR count). The van der Waals surface area contributed by atoms with Crippen LogP contribution >= 0.6 is 0 Å². The van der Waals surface area contributed by atoms with Crippen molar-refractivity contribution in [1.29, 1.82) is 0 Å². The lowest BCUT2D eigenvalue weighted by Crippen LogP contribution is -2.44. The zero-order valence-corrected chi connectivity index (χ0v) is 15.3. The van der Waals surface area contributed by atoms with E-state index in [-0.39, 0.29) is 6.01 Å². The van der Waals surface area contributed by atoms with Crippen molar-refractivity contribution in [3.8, 4) is 11.8 Å². The summed E-state index contributed by atoms with van der Waals surface area (Å²) in [6.07, 6.45) is -3.03. The first-order chi connectivity index (χ1) is 13.4. The van der Waals surface area contributed by atoms with E-state index in [4.69, 9.17) is 4.74 Å². The van der Waals surface area contributed by atoms with E-state index in [1.807, 2.05) is 24.3 Å². The number of likely N-dealkylation sites (N-methyl/N-ethyl adjacent to an activating group) is 1. The quantitative estimate of drug-likeness (QED) is 0.673. The van der Waals surface area contributed by atoms with Crippen LogP contribution in [0.25, 0.3) is 10.8 Å². The Bertz CT molecular complexity index is 967. The van der Waals surface area contributed by atoms with Crippen molar-refractivity contribution in [2.24, 2.45) is 0 Å². The van der Waals surface area contributed by atoms with Crippen molar-refractivity contribution < 1.29 is 17.9 Å². The number of hydrogen-bond acceptors (Lipinski definition) is 5. The van der Waals surface area contributed by atoms with Crippen molar-refractivity contribution in [1.82, 2.24) is 14.9 Å². The lowest BCUT2D eigenvalue weighted by Gasteiger charge is -2.34. The summed E-state index contributed by atoms with van der Waals surface area (Å²) in [5, 5.41) is 2.09. The highest BCUT2D eigenvalue weighted by atomic mass is 19.4. The van der Waals surface area contributed by atoms with Crippen LogP contribution in [-0.4, -0.2) is 48.1 Å². The predicted molar refractivity (Wildman–Crippen MR) is 101 cm³/mol. The molecule has 0 bridgehead atoms. The number of nitrogens with zero attached hydrogens (tertiary/aromatic N) is 4. The predicted octanol–water partition coefficient (Wildman–Crippen LogP) is 4.19. The van der Waals surface area contributed by atoms with Gasteiger partial charge in [0.1, 0.15) is 5.75 Å². The first kappa shape index (κ1) is 18.5. The fraction of sp³-hybridized carbons (Fsp3) is 0.300. The SMILES string of the molecule is CN1CCN(c2cccc3ccc(Oc4ncc(C(F)(F)F)cn4)cc23)CC1. The number of hydrogen-bond donors (Lipinski definition) is 0. The Hall–Kier alpha value is -2.87. The third kappa shape index (κ3) is 3.87. The zero-order valence-electron chi connectivity index (χ0n) is 15.3. The van der Waals surface area contributed by atoms with Crippen LogP contribution in [0, 0.1) is 0 Å². The average Bonchev–Trinajstić information content (AvgIpc) is 2.68. The fourth-order valence-corrected chi connectivity index (χ4v) is 3.24. The number of halogens is 3. The molecule has 2 aromatic carbocycles. The minimum atomic E-state index is -4.47. The van der Waals surface area contributed by atoms with E-state index in [2.05, 4.69) is 32.9 Å². The molecule has 0 aliphatic carbocycles. The Kier molecular flexibility index (Phi) is 4.80. The fourth-order valence-electron chi connectivity index (χ4n) is 3.24. The summed E-state index contributed by atoms with van der Waals surface area (Å²) in [4.78, 5) is 12.0. The van der Waals surface area contributed by atoms with Crippen LogP contribution in [0.4, 0.5) is 18.9 Å². The summed E-state index contributed by atoms with van der Waals surface area (Å²) >= 11 is 0. The van der Waals surface area contributed by atoms with Gasteiger partial charge < -0.3 is 14.5 Å². The summed E-state index contributed by atoms with van der Waals surface area (Å²) < 4.78 is 43.5. The maximum Gasteiger partial charge on any atom is 0.419 e. The largest absolute Gasteiger partial charge is 0.424 e. The average molecular weight is 388 g/mol. The molecule has 1 fully saturated rings. The van der Waals surface area contributed by atoms with Gasteiger partial charge in [0.05, 0.1) is 5.56 Å². The number of aromatic nitrogens is 2. The maximum absolute atomic E-state index is 12.6. The Morgan fingerprint density at radius 2 is 1.68 bits per heavy atom. The molecule has 0 radical (unpaired) electrons. The maximum atomic E-state index is 12.6. The Morgan fingerprint density at radius 3 is 2.36 bits per heavy atom. The molecule has 1 aromatic heterocycles. The molecule has 1 aliphatic heterocycles. The number of piperazine rings is 1. The van der Waals surface area contributed by atoms with Gasteiger partial charge in [0.15, 0.2) is 0 Å². The van der Waals surface area contributed by atoms with E-state index in [0.29, 0.717) is 5.75 Å². The number of rotatable bonds is 3. The molecule has 28 heavy (non-hydrogen) atoms. The Morgan fingerprint density at radius 1 is 0.964 bits per heavy atom. The molecular formula is C20H19F3N4O. The smallest absolute Gasteiger partial charge is 0.419 e. The first-order valence-electron chi connectivity index (χ1n) is 8.93. The van der Waals surface area contributed by atoms with Crippen LogP contribution in [0.1, 0.15) is 5.56 Å². The second-order valence-corrected chi connectivity index (χ2v) is 6.80. The second kappa shape index (κ2) is 7.27. The van der Waals surface area contributed by atoms with Crippen LogP contribution in [-0.2, 0) is 6.18 Å². The second-order valence-electron chi connectivity index (χ2n) is 6.80. The van der Waals surface area contributed by atoms with Gasteiger partial charge in [-0.3, -0.25) is 0 Å². The van der Waals surface area contributed by atoms with Crippen molar-refractivity contribution >= 4 is 16.5 Å². The van der Waals surface area contributed by atoms with E-state index in [1.165, 1.54) is 0 Å². The lowest BCUT2D eigenvalue weighted by molar-refractivity contribution is -0.138. The lowest BCUT2D eigenvalue weighted by atomic mass is 10.1. The zero-order chi connectivity index (χ0) is 19.7. The van der Waals surface area contributed by atoms with Gasteiger partial charge in [0.2, 0.25) is 0 Å². The molecule has 0 saturated carbocycles. The van der Waals surface area contributed by atoms with E-state index < -0.39 is 11.7 Å². The molecule has 1 saturated heterocycles. The molecule has 8 heteroatoms. The molecule has 1 aliphatic rings. The first-order valence-corrected chi connectivity index (χ1v) is 8.93. The third-order valence-electron chi connectivity index (χ3n) is 4.84. The van der Waals surface area contributed by atoms with E-state index in [9.17, 15) is 13.2 Å². The highest BCUT2D eigenvalue weighted by molar-refractivity contribution is 5.95. The minimum Gasteiger partial charge on any atom is -0.424 e. The molecule has 3 aromatic rings. The van der Waals surface area contributed by atoms with Gasteiger partial charge in [0.25, 0.3) is 0 Å². The molecule has 0 spiro atoms. The molecule has 2 heterocycles. The van der Waals surface area contributed by atoms with Crippen molar-refractivity contribution in [3.05, 3.63) is 54.4 Å². The summed E-state index contributed by atoms with van der Waals surface area (Å²) in [7, 11) is 2.11. The van der Waals surface area contributed by atoms with Gasteiger partial charge in [-0.05, 0) is 30.6 Å². The van der Waals surface area contributed by atoms with Gasteiger partial charge in [-0.1, -0.05) is 18.2 Å². The highest BCUT2D eigenvalue weighted by Gasteiger charge is 2.31. The van der Waals surface area contributed by atoms with Crippen LogP contribution in [0.15, 0.2) is 48.8 Å². The molecular weight excluding hydrogens is 369 g/mol. The molecule has 0 atom stereocenters. The van der Waals surface area contributed by atoms with Crippen LogP contribution in [0.3, 0.4) is 0 Å². The van der Waals surface area contributed by atoms with Crippen molar-refractivity contribution in [3.63, 3.8) is 0 Å². The van der Waals surface area contributed by atoms with Crippen molar-refractivity contribution in [2.45, 2.75) is 6.18 Å². The minimum absolute atomic E-state index is 0.121. The molecule has 0 amide bonds. The van der Waals surface area contributed by atoms with Gasteiger partial charge >= 0.3 is 12.2 Å². The van der Waals surface area contributed by atoms with Crippen LogP contribution < -0.4 is 9.64 Å². The van der Waals surface area contributed by atoms with Crippen molar-refractivity contribution in [2.75, 3.05) is 38.1 Å². The molecule has 146 valence electrons. The number of anilines is 1. The number of fused-ring (bicyclic) bond motifs is 1. The van der Waals surface area contributed by atoms with Crippen LogP contribution in [0.5, 0.6) is 11.8 Å². The third-order valence-corrected chi connectivity index (χ3v) is 4.84. The van der Waals surface area contributed by atoms with Gasteiger partial charge in [-0.15, -0.1) is 0 Å². The molecule has 0 unspecified atom stereocenters. The van der Waals surface area contributed by atoms with Crippen LogP contribution in [0.2, 0.25) is 0 Å². The van der Waals surface area contributed by atoms with Gasteiger partial charge in [-0.2, -0.15) is 13.2 Å². The number of benzene rings is 2.